The van der Waals surface area contributed by atoms with Crippen LogP contribution in [0.15, 0.2) is 76.2 Å². The van der Waals surface area contributed by atoms with E-state index >= 15 is 0 Å². The van der Waals surface area contributed by atoms with Crippen molar-refractivity contribution in [1.29, 1.82) is 0 Å². The highest BCUT2D eigenvalue weighted by molar-refractivity contribution is 7.89. The summed E-state index contributed by atoms with van der Waals surface area (Å²) in [5.74, 6) is 0.395. The number of benzene rings is 2. The van der Waals surface area contributed by atoms with Crippen molar-refractivity contribution in [3.8, 4) is 5.75 Å². The maximum Gasteiger partial charge on any atom is 0.291 e. The average Bonchev–Trinajstić information content (AvgIpc) is 3.23. The van der Waals surface area contributed by atoms with Crippen LogP contribution in [-0.4, -0.2) is 31.7 Å². The second-order valence-electron chi connectivity index (χ2n) is 6.44. The first-order valence-corrected chi connectivity index (χ1v) is 11.1. The lowest BCUT2D eigenvalue weighted by molar-refractivity contribution is 0.0993. The van der Waals surface area contributed by atoms with Gasteiger partial charge in [0.25, 0.3) is 5.91 Å². The minimum atomic E-state index is -3.54. The molecule has 1 aromatic heterocycles. The van der Waals surface area contributed by atoms with Crippen molar-refractivity contribution in [1.82, 2.24) is 4.31 Å². The van der Waals surface area contributed by atoms with Gasteiger partial charge in [-0.2, -0.15) is 4.31 Å². The van der Waals surface area contributed by atoms with Gasteiger partial charge in [0, 0.05) is 24.3 Å². The zero-order valence-corrected chi connectivity index (χ0v) is 17.7. The number of nitrogens with zero attached hydrogens (tertiary/aromatic N) is 1. The van der Waals surface area contributed by atoms with Gasteiger partial charge < -0.3 is 14.5 Å². The minimum Gasteiger partial charge on any atom is -0.489 e. The number of anilines is 1. The van der Waals surface area contributed by atoms with Crippen LogP contribution in [0.1, 0.15) is 30.0 Å². The summed E-state index contributed by atoms with van der Waals surface area (Å²) in [6, 6.07) is 17.0. The molecule has 158 valence electrons. The topological polar surface area (TPSA) is 88.9 Å². The number of furan rings is 1. The number of nitrogens with one attached hydrogen (secondary N) is 1. The molecule has 0 radical (unpaired) electrons. The SMILES string of the molecule is CCN(CC)S(=O)(=O)c1ccc(NC(=O)c2occc2COc2ccccc2)cc1. The van der Waals surface area contributed by atoms with Crippen LogP contribution in [0.5, 0.6) is 5.75 Å². The second-order valence-corrected chi connectivity index (χ2v) is 8.38. The Morgan fingerprint density at radius 2 is 1.67 bits per heavy atom. The molecule has 2 aromatic carbocycles. The Kier molecular flexibility index (Phi) is 6.91. The van der Waals surface area contributed by atoms with Gasteiger partial charge >= 0.3 is 0 Å². The molecule has 1 amide bonds. The van der Waals surface area contributed by atoms with Gasteiger partial charge in [-0.15, -0.1) is 0 Å². The minimum absolute atomic E-state index is 0.144. The Balaban J connectivity index is 1.68. The van der Waals surface area contributed by atoms with E-state index in [9.17, 15) is 13.2 Å². The van der Waals surface area contributed by atoms with E-state index in [2.05, 4.69) is 5.32 Å². The molecule has 0 saturated heterocycles. The van der Waals surface area contributed by atoms with Gasteiger partial charge in [0.2, 0.25) is 10.0 Å². The normalized spacial score (nSPS) is 11.4. The van der Waals surface area contributed by atoms with Gasteiger partial charge in [0.15, 0.2) is 5.76 Å². The van der Waals surface area contributed by atoms with Crippen LogP contribution in [0.4, 0.5) is 5.69 Å². The van der Waals surface area contributed by atoms with Crippen LogP contribution < -0.4 is 10.1 Å². The molecule has 0 saturated carbocycles. The van der Waals surface area contributed by atoms with Crippen LogP contribution in [0.2, 0.25) is 0 Å². The maximum absolute atomic E-state index is 12.6. The smallest absolute Gasteiger partial charge is 0.291 e. The van der Waals surface area contributed by atoms with Gasteiger partial charge in [-0.1, -0.05) is 32.0 Å². The van der Waals surface area contributed by atoms with Crippen molar-refractivity contribution < 1.29 is 22.4 Å². The number of ether oxygens (including phenoxy) is 1. The van der Waals surface area contributed by atoms with Crippen molar-refractivity contribution in [2.75, 3.05) is 18.4 Å². The predicted molar refractivity (Wildman–Crippen MR) is 114 cm³/mol. The Hall–Kier alpha value is -3.10. The zero-order valence-electron chi connectivity index (χ0n) is 16.9. The third kappa shape index (κ3) is 4.90. The number of rotatable bonds is 9. The van der Waals surface area contributed by atoms with E-state index in [-0.39, 0.29) is 17.3 Å². The Morgan fingerprint density at radius 1 is 1.00 bits per heavy atom. The van der Waals surface area contributed by atoms with Crippen molar-refractivity contribution >= 4 is 21.6 Å². The molecule has 1 heterocycles. The van der Waals surface area contributed by atoms with E-state index in [1.54, 1.807) is 32.0 Å². The van der Waals surface area contributed by atoms with Gasteiger partial charge in [-0.05, 0) is 42.5 Å². The van der Waals surface area contributed by atoms with Gasteiger partial charge in [-0.25, -0.2) is 8.42 Å². The summed E-state index contributed by atoms with van der Waals surface area (Å²) in [6.07, 6.45) is 1.43. The van der Waals surface area contributed by atoms with Gasteiger partial charge in [0.05, 0.1) is 11.2 Å². The van der Waals surface area contributed by atoms with Crippen molar-refractivity contribution in [2.24, 2.45) is 0 Å². The maximum atomic E-state index is 12.6. The van der Waals surface area contributed by atoms with Crippen LogP contribution in [0.3, 0.4) is 0 Å². The first-order valence-electron chi connectivity index (χ1n) is 9.61. The summed E-state index contributed by atoms with van der Waals surface area (Å²) in [4.78, 5) is 12.8. The zero-order chi connectivity index (χ0) is 21.6. The number of para-hydroxylation sites is 1. The Morgan fingerprint density at radius 3 is 2.30 bits per heavy atom. The molecule has 0 unspecified atom stereocenters. The number of amides is 1. The van der Waals surface area contributed by atoms with E-state index in [1.807, 2.05) is 30.3 Å². The molecule has 0 spiro atoms. The molecule has 0 aliphatic carbocycles. The number of carbonyl (C=O) groups is 1. The Labute approximate surface area is 176 Å². The summed E-state index contributed by atoms with van der Waals surface area (Å²) < 4.78 is 37.5. The van der Waals surface area contributed by atoms with E-state index in [0.717, 1.165) is 0 Å². The molecule has 8 heteroatoms. The van der Waals surface area contributed by atoms with Crippen LogP contribution >= 0.6 is 0 Å². The highest BCUT2D eigenvalue weighted by Crippen LogP contribution is 2.20. The fourth-order valence-electron chi connectivity index (χ4n) is 2.94. The first kappa shape index (κ1) is 21.6. The summed E-state index contributed by atoms with van der Waals surface area (Å²) in [7, 11) is -3.54. The molecular weight excluding hydrogens is 404 g/mol. The average molecular weight is 429 g/mol. The van der Waals surface area contributed by atoms with Crippen LogP contribution in [-0.2, 0) is 16.6 Å². The second kappa shape index (κ2) is 9.60. The molecule has 3 aromatic rings. The largest absolute Gasteiger partial charge is 0.489 e. The van der Waals surface area contributed by atoms with Crippen LogP contribution in [0, 0.1) is 0 Å². The molecule has 0 aliphatic heterocycles. The lowest BCUT2D eigenvalue weighted by Crippen LogP contribution is -2.30. The molecule has 0 aliphatic rings. The number of hydrogen-bond acceptors (Lipinski definition) is 5. The summed E-state index contributed by atoms with van der Waals surface area (Å²) in [5.41, 5.74) is 1.07. The van der Waals surface area contributed by atoms with E-state index in [1.165, 1.54) is 22.7 Å². The lowest BCUT2D eigenvalue weighted by Gasteiger charge is -2.18. The highest BCUT2D eigenvalue weighted by Gasteiger charge is 2.22. The van der Waals surface area contributed by atoms with Gasteiger partial charge in [-0.3, -0.25) is 4.79 Å². The summed E-state index contributed by atoms with van der Waals surface area (Å²) in [5, 5.41) is 2.72. The molecule has 30 heavy (non-hydrogen) atoms. The van der Waals surface area contributed by atoms with Crippen LogP contribution in [0.25, 0.3) is 0 Å². The number of sulfonamides is 1. The standard InChI is InChI=1S/C22H24N2O5S/c1-3-24(4-2)30(26,27)20-12-10-18(11-13-20)23-22(25)21-17(14-15-28-21)16-29-19-8-6-5-7-9-19/h5-15H,3-4,16H2,1-2H3,(H,23,25). The quantitative estimate of drug-likeness (QED) is 0.553. The third-order valence-corrected chi connectivity index (χ3v) is 6.61. The fraction of sp³-hybridized carbons (Fsp3) is 0.227. The fourth-order valence-corrected chi connectivity index (χ4v) is 4.40. The summed E-state index contributed by atoms with van der Waals surface area (Å²) in [6.45, 7) is 4.55. The molecule has 0 atom stereocenters. The molecule has 3 rings (SSSR count). The van der Waals surface area contributed by atoms with Crippen molar-refractivity contribution in [3.63, 3.8) is 0 Å². The van der Waals surface area contributed by atoms with E-state index in [0.29, 0.717) is 30.1 Å². The van der Waals surface area contributed by atoms with E-state index in [4.69, 9.17) is 9.15 Å². The third-order valence-electron chi connectivity index (χ3n) is 4.55. The highest BCUT2D eigenvalue weighted by atomic mass is 32.2. The molecule has 1 N–H and O–H groups in total. The first-order chi connectivity index (χ1) is 14.5. The molecule has 0 fully saturated rings. The van der Waals surface area contributed by atoms with Crippen molar-refractivity contribution in [2.45, 2.75) is 25.3 Å². The lowest BCUT2D eigenvalue weighted by atomic mass is 10.2. The van der Waals surface area contributed by atoms with Gasteiger partial charge in [0.1, 0.15) is 12.4 Å². The number of carbonyl (C=O) groups excluding carboxylic acids is 1. The Bertz CT molecular complexity index is 1070. The molecule has 7 nitrogen and oxygen atoms in total. The molecular formula is C22H24N2O5S. The summed E-state index contributed by atoms with van der Waals surface area (Å²) >= 11 is 0. The predicted octanol–water partition coefficient (Wildman–Crippen LogP) is 4.14. The molecule has 0 bridgehead atoms. The van der Waals surface area contributed by atoms with Crippen molar-refractivity contribution in [3.05, 3.63) is 78.3 Å². The van der Waals surface area contributed by atoms with E-state index < -0.39 is 15.9 Å². The monoisotopic (exact) mass is 428 g/mol. The number of hydrogen-bond donors (Lipinski definition) is 1.